The first kappa shape index (κ1) is 19.2. The fourth-order valence-electron chi connectivity index (χ4n) is 2.97. The van der Waals surface area contributed by atoms with Gasteiger partial charge in [-0.2, -0.15) is 4.31 Å². The highest BCUT2D eigenvalue weighted by molar-refractivity contribution is 7.89. The number of benzene rings is 1. The third kappa shape index (κ3) is 4.25. The van der Waals surface area contributed by atoms with Crippen LogP contribution in [0.5, 0.6) is 0 Å². The van der Waals surface area contributed by atoms with Crippen LogP contribution in [0.4, 0.5) is 10.1 Å². The van der Waals surface area contributed by atoms with Crippen molar-refractivity contribution in [1.82, 2.24) is 8.87 Å². The van der Waals surface area contributed by atoms with Crippen LogP contribution >= 0.6 is 0 Å². The molecule has 1 saturated heterocycles. The largest absolute Gasteiger partial charge is 0.324 e. The second-order valence-electron chi connectivity index (χ2n) is 6.45. The van der Waals surface area contributed by atoms with Crippen LogP contribution in [0.1, 0.15) is 18.4 Å². The Hall–Kier alpha value is -2.52. The number of hydrogen-bond donors (Lipinski definition) is 1. The molecule has 0 atom stereocenters. The topological polar surface area (TPSA) is 88.5 Å². The van der Waals surface area contributed by atoms with Gasteiger partial charge in [-0.1, -0.05) is 0 Å². The summed E-state index contributed by atoms with van der Waals surface area (Å²) >= 11 is 0. The van der Waals surface area contributed by atoms with E-state index < -0.39 is 27.3 Å². The molecule has 2 heterocycles. The van der Waals surface area contributed by atoms with Crippen LogP contribution < -0.4 is 10.9 Å². The van der Waals surface area contributed by atoms with Gasteiger partial charge >= 0.3 is 0 Å². The molecule has 1 aliphatic heterocycles. The standard InChI is InChI=1S/C18H20FN3O4S/c1-13-10-14(19)4-6-16(13)20-17(23)12-21-11-15(5-7-18(21)24)27(25,26)22-8-2-3-9-22/h4-7,10-11H,2-3,8-9,12H2,1H3,(H,20,23). The molecular weight excluding hydrogens is 373 g/mol. The van der Waals surface area contributed by atoms with Crippen LogP contribution in [0.2, 0.25) is 0 Å². The van der Waals surface area contributed by atoms with Crippen molar-refractivity contribution in [3.05, 3.63) is 58.3 Å². The quantitative estimate of drug-likeness (QED) is 0.838. The highest BCUT2D eigenvalue weighted by Crippen LogP contribution is 2.20. The van der Waals surface area contributed by atoms with Crippen LogP contribution in [0.3, 0.4) is 0 Å². The predicted octanol–water partition coefficient (Wildman–Crippen LogP) is 1.72. The summed E-state index contributed by atoms with van der Waals surface area (Å²) in [4.78, 5) is 24.3. The number of nitrogens with one attached hydrogen (secondary N) is 1. The van der Waals surface area contributed by atoms with Crippen LogP contribution in [0.25, 0.3) is 0 Å². The van der Waals surface area contributed by atoms with Crippen molar-refractivity contribution in [1.29, 1.82) is 0 Å². The molecule has 0 radical (unpaired) electrons. The van der Waals surface area contributed by atoms with Gasteiger partial charge in [-0.05, 0) is 49.6 Å². The number of aryl methyl sites for hydroxylation is 1. The van der Waals surface area contributed by atoms with Crippen LogP contribution in [-0.4, -0.2) is 36.3 Å². The number of rotatable bonds is 5. The lowest BCUT2D eigenvalue weighted by Gasteiger charge is -2.16. The van der Waals surface area contributed by atoms with Crippen molar-refractivity contribution in [2.45, 2.75) is 31.2 Å². The Labute approximate surface area is 156 Å². The third-order valence-corrected chi connectivity index (χ3v) is 6.32. The van der Waals surface area contributed by atoms with Gasteiger partial charge < -0.3 is 9.88 Å². The maximum absolute atomic E-state index is 13.1. The van der Waals surface area contributed by atoms with E-state index in [4.69, 9.17) is 0 Å². The fourth-order valence-corrected chi connectivity index (χ4v) is 4.51. The average molecular weight is 393 g/mol. The lowest BCUT2D eigenvalue weighted by atomic mass is 10.2. The molecule has 0 aliphatic carbocycles. The first-order valence-corrected chi connectivity index (χ1v) is 9.98. The van der Waals surface area contributed by atoms with Gasteiger partial charge in [-0.15, -0.1) is 0 Å². The van der Waals surface area contributed by atoms with E-state index in [1.807, 2.05) is 0 Å². The Morgan fingerprint density at radius 1 is 1.19 bits per heavy atom. The second kappa shape index (κ2) is 7.61. The molecule has 1 aromatic carbocycles. The molecule has 1 fully saturated rings. The molecule has 27 heavy (non-hydrogen) atoms. The summed E-state index contributed by atoms with van der Waals surface area (Å²) in [7, 11) is -3.68. The zero-order chi connectivity index (χ0) is 19.6. The van der Waals surface area contributed by atoms with Gasteiger partial charge in [0.05, 0.1) is 4.90 Å². The van der Waals surface area contributed by atoms with Crippen LogP contribution in [0.15, 0.2) is 46.2 Å². The molecule has 7 nitrogen and oxygen atoms in total. The van der Waals surface area contributed by atoms with Crippen molar-refractivity contribution >= 4 is 21.6 Å². The van der Waals surface area contributed by atoms with Gasteiger partial charge in [-0.3, -0.25) is 9.59 Å². The second-order valence-corrected chi connectivity index (χ2v) is 8.39. The number of aromatic nitrogens is 1. The van der Waals surface area contributed by atoms with E-state index >= 15 is 0 Å². The number of hydrogen-bond acceptors (Lipinski definition) is 4. The summed E-state index contributed by atoms with van der Waals surface area (Å²) < 4.78 is 40.8. The van der Waals surface area contributed by atoms with Gasteiger partial charge in [0.15, 0.2) is 0 Å². The predicted molar refractivity (Wildman–Crippen MR) is 98.5 cm³/mol. The summed E-state index contributed by atoms with van der Waals surface area (Å²) in [6.07, 6.45) is 2.80. The number of carbonyl (C=O) groups is 1. The molecule has 0 unspecified atom stereocenters. The maximum Gasteiger partial charge on any atom is 0.251 e. The van der Waals surface area contributed by atoms with Gasteiger partial charge in [0, 0.05) is 31.0 Å². The number of pyridine rings is 1. The Bertz CT molecular complexity index is 1030. The average Bonchev–Trinajstić information content (AvgIpc) is 3.15. The van der Waals surface area contributed by atoms with Crippen LogP contribution in [0, 0.1) is 12.7 Å². The molecule has 9 heteroatoms. The SMILES string of the molecule is Cc1cc(F)ccc1NC(=O)Cn1cc(S(=O)(=O)N2CCCC2)ccc1=O. The smallest absolute Gasteiger partial charge is 0.251 e. The lowest BCUT2D eigenvalue weighted by Crippen LogP contribution is -2.31. The van der Waals surface area contributed by atoms with E-state index in [-0.39, 0.29) is 11.4 Å². The maximum atomic E-state index is 13.1. The van der Waals surface area contributed by atoms with Crippen LogP contribution in [-0.2, 0) is 21.4 Å². The molecule has 1 N–H and O–H groups in total. The molecule has 2 aromatic rings. The Balaban J connectivity index is 1.80. The Kier molecular flexibility index (Phi) is 5.43. The zero-order valence-electron chi connectivity index (χ0n) is 14.8. The minimum atomic E-state index is -3.68. The minimum Gasteiger partial charge on any atom is -0.324 e. The van der Waals surface area contributed by atoms with Gasteiger partial charge in [-0.25, -0.2) is 12.8 Å². The van der Waals surface area contributed by atoms with Gasteiger partial charge in [0.2, 0.25) is 15.9 Å². The van der Waals surface area contributed by atoms with E-state index in [9.17, 15) is 22.4 Å². The normalized spacial score (nSPS) is 15.0. The number of amides is 1. The number of halogens is 1. The molecule has 0 spiro atoms. The zero-order valence-corrected chi connectivity index (χ0v) is 15.6. The monoisotopic (exact) mass is 393 g/mol. The van der Waals surface area contributed by atoms with Gasteiger partial charge in [0.25, 0.3) is 5.56 Å². The lowest BCUT2D eigenvalue weighted by molar-refractivity contribution is -0.116. The number of sulfonamides is 1. The first-order valence-electron chi connectivity index (χ1n) is 8.54. The van der Waals surface area contributed by atoms with Crippen molar-refractivity contribution in [3.63, 3.8) is 0 Å². The minimum absolute atomic E-state index is 0.0187. The molecule has 0 saturated carbocycles. The molecule has 144 valence electrons. The molecule has 1 aromatic heterocycles. The Morgan fingerprint density at radius 2 is 1.89 bits per heavy atom. The summed E-state index contributed by atoms with van der Waals surface area (Å²) in [6, 6.07) is 6.33. The van der Waals surface area contributed by atoms with Gasteiger partial charge in [0.1, 0.15) is 12.4 Å². The Morgan fingerprint density at radius 3 is 2.56 bits per heavy atom. The molecule has 3 rings (SSSR count). The van der Waals surface area contributed by atoms with E-state index in [0.717, 1.165) is 23.5 Å². The summed E-state index contributed by atoms with van der Waals surface area (Å²) in [5, 5.41) is 2.60. The summed E-state index contributed by atoms with van der Waals surface area (Å²) in [5.41, 5.74) is 0.484. The van der Waals surface area contributed by atoms with Crippen molar-refractivity contribution in [2.75, 3.05) is 18.4 Å². The summed E-state index contributed by atoms with van der Waals surface area (Å²) in [5.74, 6) is -0.927. The fraction of sp³-hybridized carbons (Fsp3) is 0.333. The van der Waals surface area contributed by atoms with Crippen molar-refractivity contribution < 1.29 is 17.6 Å². The van der Waals surface area contributed by atoms with E-state index in [0.29, 0.717) is 24.3 Å². The van der Waals surface area contributed by atoms with E-state index in [1.165, 1.54) is 34.8 Å². The molecular formula is C18H20FN3O4S. The molecule has 1 aliphatic rings. The van der Waals surface area contributed by atoms with Crippen molar-refractivity contribution in [2.24, 2.45) is 0 Å². The van der Waals surface area contributed by atoms with E-state index in [1.54, 1.807) is 6.92 Å². The van der Waals surface area contributed by atoms with Crippen molar-refractivity contribution in [3.8, 4) is 0 Å². The number of nitrogens with zero attached hydrogens (tertiary/aromatic N) is 2. The number of anilines is 1. The third-order valence-electron chi connectivity index (χ3n) is 4.44. The summed E-state index contributed by atoms with van der Waals surface area (Å²) in [6.45, 7) is 2.20. The highest BCUT2D eigenvalue weighted by Gasteiger charge is 2.27. The number of carbonyl (C=O) groups excluding carboxylic acids is 1. The molecule has 0 bridgehead atoms. The highest BCUT2D eigenvalue weighted by atomic mass is 32.2. The molecule has 1 amide bonds. The first-order chi connectivity index (χ1) is 12.8. The van der Waals surface area contributed by atoms with E-state index in [2.05, 4.69) is 5.32 Å².